The molecule has 1 saturated heterocycles. The van der Waals surface area contributed by atoms with E-state index in [0.29, 0.717) is 6.54 Å². The maximum Gasteiger partial charge on any atom is 0.232 e. The van der Waals surface area contributed by atoms with Crippen molar-refractivity contribution in [2.24, 2.45) is 0 Å². The monoisotopic (exact) mass is 313 g/mol. The highest BCUT2D eigenvalue weighted by atomic mass is 16.2. The lowest BCUT2D eigenvalue weighted by atomic mass is 10.1. The third kappa shape index (κ3) is 3.92. The lowest BCUT2D eigenvalue weighted by Crippen LogP contribution is -2.39. The minimum atomic E-state index is -0.180. The van der Waals surface area contributed by atoms with Crippen LogP contribution in [-0.2, 0) is 16.0 Å². The van der Waals surface area contributed by atoms with Crippen molar-refractivity contribution < 1.29 is 9.59 Å². The van der Waals surface area contributed by atoms with Gasteiger partial charge in [0.25, 0.3) is 0 Å². The van der Waals surface area contributed by atoms with Crippen molar-refractivity contribution in [2.75, 3.05) is 19.6 Å². The van der Waals surface area contributed by atoms with Crippen molar-refractivity contribution in [2.45, 2.75) is 32.1 Å². The summed E-state index contributed by atoms with van der Waals surface area (Å²) in [7, 11) is 0. The summed E-state index contributed by atoms with van der Waals surface area (Å²) in [6.45, 7) is 2.14. The first kappa shape index (κ1) is 15.6. The molecule has 5 heteroatoms. The zero-order valence-corrected chi connectivity index (χ0v) is 13.3. The quantitative estimate of drug-likeness (QED) is 0.831. The van der Waals surface area contributed by atoms with Gasteiger partial charge in [0, 0.05) is 36.7 Å². The molecule has 0 bridgehead atoms. The van der Waals surface area contributed by atoms with Crippen LogP contribution in [0.25, 0.3) is 10.9 Å². The largest absolute Gasteiger partial charge is 0.361 e. The highest BCUT2D eigenvalue weighted by Crippen LogP contribution is 2.17. The SMILES string of the molecule is O=C(CC(=O)N1CCCCC1)NCCc1c[nH]c2ccccc12. The van der Waals surface area contributed by atoms with Gasteiger partial charge < -0.3 is 15.2 Å². The van der Waals surface area contributed by atoms with Gasteiger partial charge in [-0.1, -0.05) is 18.2 Å². The number of nitrogens with one attached hydrogen (secondary N) is 2. The van der Waals surface area contributed by atoms with Crippen LogP contribution in [0.15, 0.2) is 30.5 Å². The lowest BCUT2D eigenvalue weighted by molar-refractivity contribution is -0.136. The van der Waals surface area contributed by atoms with Crippen molar-refractivity contribution >= 4 is 22.7 Å². The van der Waals surface area contributed by atoms with Gasteiger partial charge in [0.1, 0.15) is 6.42 Å². The molecule has 1 fully saturated rings. The molecule has 2 N–H and O–H groups in total. The zero-order chi connectivity index (χ0) is 16.1. The van der Waals surface area contributed by atoms with Crippen molar-refractivity contribution in [3.63, 3.8) is 0 Å². The molecule has 0 aliphatic carbocycles. The first-order valence-corrected chi connectivity index (χ1v) is 8.33. The molecule has 5 nitrogen and oxygen atoms in total. The molecule has 0 spiro atoms. The minimum absolute atomic E-state index is 0.0338. The Morgan fingerprint density at radius 2 is 1.91 bits per heavy atom. The molecule has 0 radical (unpaired) electrons. The molecule has 1 aromatic heterocycles. The Morgan fingerprint density at radius 1 is 1.13 bits per heavy atom. The molecule has 2 amide bonds. The molecule has 1 aliphatic rings. The molecule has 1 aromatic carbocycles. The number of carbonyl (C=O) groups excluding carboxylic acids is 2. The van der Waals surface area contributed by atoms with Crippen LogP contribution in [0.2, 0.25) is 0 Å². The van der Waals surface area contributed by atoms with Gasteiger partial charge in [-0.2, -0.15) is 0 Å². The van der Waals surface area contributed by atoms with Crippen LogP contribution in [0.4, 0.5) is 0 Å². The summed E-state index contributed by atoms with van der Waals surface area (Å²) in [6.07, 6.45) is 5.99. The summed E-state index contributed by atoms with van der Waals surface area (Å²) in [6, 6.07) is 8.11. The number of aromatic amines is 1. The summed E-state index contributed by atoms with van der Waals surface area (Å²) in [5.74, 6) is -0.227. The van der Waals surface area contributed by atoms with E-state index in [1.807, 2.05) is 29.3 Å². The first-order chi connectivity index (χ1) is 11.2. The summed E-state index contributed by atoms with van der Waals surface area (Å²) in [5.41, 5.74) is 2.29. The molecule has 1 aliphatic heterocycles. The molecule has 0 atom stereocenters. The Hall–Kier alpha value is -2.30. The molecule has 3 rings (SSSR count). The van der Waals surface area contributed by atoms with Gasteiger partial charge >= 0.3 is 0 Å². The fourth-order valence-corrected chi connectivity index (χ4v) is 3.13. The number of rotatable bonds is 5. The number of likely N-dealkylation sites (tertiary alicyclic amines) is 1. The second-order valence-electron chi connectivity index (χ2n) is 6.08. The van der Waals surface area contributed by atoms with Gasteiger partial charge in [0.2, 0.25) is 11.8 Å². The fourth-order valence-electron chi connectivity index (χ4n) is 3.13. The smallest absolute Gasteiger partial charge is 0.232 e. The molecular formula is C18H23N3O2. The number of fused-ring (bicyclic) bond motifs is 1. The number of nitrogens with zero attached hydrogens (tertiary/aromatic N) is 1. The summed E-state index contributed by atoms with van der Waals surface area (Å²) in [4.78, 5) is 29.0. The molecule has 122 valence electrons. The highest BCUT2D eigenvalue weighted by Gasteiger charge is 2.18. The molecule has 0 saturated carbocycles. The minimum Gasteiger partial charge on any atom is -0.361 e. The Kier molecular flexibility index (Phi) is 4.95. The van der Waals surface area contributed by atoms with E-state index in [-0.39, 0.29) is 18.2 Å². The Morgan fingerprint density at radius 3 is 2.74 bits per heavy atom. The molecule has 2 aromatic rings. The van der Waals surface area contributed by atoms with E-state index < -0.39 is 0 Å². The maximum atomic E-state index is 12.0. The predicted octanol–water partition coefficient (Wildman–Crippen LogP) is 2.23. The predicted molar refractivity (Wildman–Crippen MR) is 90.1 cm³/mol. The van der Waals surface area contributed by atoms with Gasteiger partial charge in [0.15, 0.2) is 0 Å². The molecule has 2 heterocycles. The van der Waals surface area contributed by atoms with E-state index in [2.05, 4.69) is 16.4 Å². The van der Waals surface area contributed by atoms with Crippen LogP contribution in [0, 0.1) is 0 Å². The van der Waals surface area contributed by atoms with E-state index in [1.54, 1.807) is 0 Å². The number of benzene rings is 1. The van der Waals surface area contributed by atoms with Crippen molar-refractivity contribution in [3.05, 3.63) is 36.0 Å². The Bertz CT molecular complexity index is 686. The van der Waals surface area contributed by atoms with Gasteiger partial charge in [-0.05, 0) is 37.3 Å². The Labute approximate surface area is 136 Å². The normalized spacial score (nSPS) is 14.9. The van der Waals surface area contributed by atoms with Crippen LogP contribution in [0.3, 0.4) is 0 Å². The van der Waals surface area contributed by atoms with Gasteiger partial charge in [0.05, 0.1) is 0 Å². The standard InChI is InChI=1S/C18H23N3O2/c22-17(12-18(23)21-10-4-1-5-11-21)19-9-8-14-13-20-16-7-3-2-6-15(14)16/h2-3,6-7,13,20H,1,4-5,8-12H2,(H,19,22). The van der Waals surface area contributed by atoms with Crippen LogP contribution < -0.4 is 5.32 Å². The van der Waals surface area contributed by atoms with Gasteiger partial charge in [-0.3, -0.25) is 9.59 Å². The molecular weight excluding hydrogens is 290 g/mol. The fraction of sp³-hybridized carbons (Fsp3) is 0.444. The number of hydrogen-bond acceptors (Lipinski definition) is 2. The second kappa shape index (κ2) is 7.31. The number of amides is 2. The number of piperidine rings is 1. The van der Waals surface area contributed by atoms with E-state index >= 15 is 0 Å². The van der Waals surface area contributed by atoms with Crippen LogP contribution in [-0.4, -0.2) is 41.3 Å². The van der Waals surface area contributed by atoms with Crippen molar-refractivity contribution in [3.8, 4) is 0 Å². The van der Waals surface area contributed by atoms with Crippen LogP contribution in [0.5, 0.6) is 0 Å². The number of H-pyrrole nitrogens is 1. The third-order valence-corrected chi connectivity index (χ3v) is 4.41. The average Bonchev–Trinajstić information content (AvgIpc) is 2.99. The van der Waals surface area contributed by atoms with E-state index in [9.17, 15) is 9.59 Å². The molecule has 0 unspecified atom stereocenters. The second-order valence-corrected chi connectivity index (χ2v) is 6.08. The zero-order valence-electron chi connectivity index (χ0n) is 13.3. The topological polar surface area (TPSA) is 65.2 Å². The van der Waals surface area contributed by atoms with Crippen LogP contribution in [0.1, 0.15) is 31.2 Å². The summed E-state index contributed by atoms with van der Waals surface area (Å²) >= 11 is 0. The van der Waals surface area contributed by atoms with Gasteiger partial charge in [-0.15, -0.1) is 0 Å². The third-order valence-electron chi connectivity index (χ3n) is 4.41. The maximum absolute atomic E-state index is 12.0. The van der Waals surface area contributed by atoms with E-state index in [1.165, 1.54) is 17.4 Å². The van der Waals surface area contributed by atoms with Crippen molar-refractivity contribution in [1.29, 1.82) is 0 Å². The molecule has 23 heavy (non-hydrogen) atoms. The number of carbonyl (C=O) groups is 2. The van der Waals surface area contributed by atoms with E-state index in [0.717, 1.165) is 37.9 Å². The summed E-state index contributed by atoms with van der Waals surface area (Å²) < 4.78 is 0. The lowest BCUT2D eigenvalue weighted by Gasteiger charge is -2.26. The number of para-hydroxylation sites is 1. The van der Waals surface area contributed by atoms with Gasteiger partial charge in [-0.25, -0.2) is 0 Å². The van der Waals surface area contributed by atoms with E-state index in [4.69, 9.17) is 0 Å². The highest BCUT2D eigenvalue weighted by molar-refractivity contribution is 5.96. The summed E-state index contributed by atoms with van der Waals surface area (Å²) in [5, 5.41) is 4.04. The average molecular weight is 313 g/mol. The Balaban J connectivity index is 1.45. The van der Waals surface area contributed by atoms with Crippen molar-refractivity contribution in [1.82, 2.24) is 15.2 Å². The van der Waals surface area contributed by atoms with Crippen LogP contribution >= 0.6 is 0 Å². The number of hydrogen-bond donors (Lipinski definition) is 2. The number of aromatic nitrogens is 1. The first-order valence-electron chi connectivity index (χ1n) is 8.33.